The molecule has 0 saturated heterocycles. The van der Waals surface area contributed by atoms with Crippen molar-refractivity contribution in [3.8, 4) is 0 Å². The molecule has 144 valence electrons. The topological polar surface area (TPSA) is 71.3 Å². The largest absolute Gasteiger partial charge is 0.384 e. The first kappa shape index (κ1) is 19.5. The Morgan fingerprint density at radius 1 is 1.11 bits per heavy atom. The van der Waals surface area contributed by atoms with E-state index in [1.54, 1.807) is 12.1 Å². The van der Waals surface area contributed by atoms with Crippen molar-refractivity contribution in [1.82, 2.24) is 9.88 Å². The number of hydrogen-bond donors (Lipinski definition) is 1. The molecule has 6 nitrogen and oxygen atoms in total. The standard InChI is InChI=1S/C22H24N4O2/c1-25(2)15-5-14-23-22-16-18(24-21-7-4-3-6-20(21)22)11-8-17-9-12-19(13-10-17)26(27)28/h3-4,6-13,16H,5,14-15H2,1-2H3,(H,23,24)/b11-8+. The molecule has 0 atom stereocenters. The third kappa shape index (κ3) is 5.14. The molecular weight excluding hydrogens is 352 g/mol. The molecule has 0 saturated carbocycles. The van der Waals surface area contributed by atoms with Gasteiger partial charge in [0.15, 0.2) is 0 Å². The molecule has 3 aromatic rings. The van der Waals surface area contributed by atoms with E-state index in [0.717, 1.165) is 47.4 Å². The van der Waals surface area contributed by atoms with Gasteiger partial charge >= 0.3 is 0 Å². The smallest absolute Gasteiger partial charge is 0.269 e. The monoisotopic (exact) mass is 376 g/mol. The van der Waals surface area contributed by atoms with Crippen LogP contribution in [0.25, 0.3) is 23.1 Å². The highest BCUT2D eigenvalue weighted by molar-refractivity contribution is 5.92. The van der Waals surface area contributed by atoms with Crippen molar-refractivity contribution in [3.63, 3.8) is 0 Å². The van der Waals surface area contributed by atoms with Gasteiger partial charge in [-0.25, -0.2) is 4.98 Å². The Bertz CT molecular complexity index is 981. The lowest BCUT2D eigenvalue weighted by Gasteiger charge is -2.13. The lowest BCUT2D eigenvalue weighted by Crippen LogP contribution is -2.16. The number of nitrogens with zero attached hydrogens (tertiary/aromatic N) is 3. The Balaban J connectivity index is 1.81. The van der Waals surface area contributed by atoms with Gasteiger partial charge in [-0.3, -0.25) is 10.1 Å². The maximum absolute atomic E-state index is 10.8. The Morgan fingerprint density at radius 2 is 1.86 bits per heavy atom. The van der Waals surface area contributed by atoms with Crippen LogP contribution in [0.15, 0.2) is 54.6 Å². The summed E-state index contributed by atoms with van der Waals surface area (Å²) in [5.41, 5.74) is 3.81. The summed E-state index contributed by atoms with van der Waals surface area (Å²) >= 11 is 0. The van der Waals surface area contributed by atoms with Gasteiger partial charge in [-0.1, -0.05) is 24.3 Å². The number of rotatable bonds is 8. The lowest BCUT2D eigenvalue weighted by molar-refractivity contribution is -0.384. The van der Waals surface area contributed by atoms with E-state index in [-0.39, 0.29) is 5.69 Å². The van der Waals surface area contributed by atoms with E-state index < -0.39 is 4.92 Å². The average molecular weight is 376 g/mol. The molecule has 0 unspecified atom stereocenters. The number of benzene rings is 2. The maximum atomic E-state index is 10.8. The summed E-state index contributed by atoms with van der Waals surface area (Å²) in [6, 6.07) is 16.6. The third-order valence-electron chi connectivity index (χ3n) is 4.38. The van der Waals surface area contributed by atoms with Crippen LogP contribution in [0.5, 0.6) is 0 Å². The summed E-state index contributed by atoms with van der Waals surface area (Å²) < 4.78 is 0. The Morgan fingerprint density at radius 3 is 2.57 bits per heavy atom. The van der Waals surface area contributed by atoms with E-state index in [0.29, 0.717) is 0 Å². The summed E-state index contributed by atoms with van der Waals surface area (Å²) in [4.78, 5) is 17.3. The van der Waals surface area contributed by atoms with Crippen LogP contribution in [-0.4, -0.2) is 42.0 Å². The van der Waals surface area contributed by atoms with Gasteiger partial charge in [-0.2, -0.15) is 0 Å². The predicted octanol–water partition coefficient (Wildman–Crippen LogP) is 4.68. The number of nitrogens with one attached hydrogen (secondary N) is 1. The maximum Gasteiger partial charge on any atom is 0.269 e. The first-order valence-electron chi connectivity index (χ1n) is 9.24. The predicted molar refractivity (Wildman–Crippen MR) is 115 cm³/mol. The van der Waals surface area contributed by atoms with Crippen LogP contribution < -0.4 is 5.32 Å². The highest BCUT2D eigenvalue weighted by atomic mass is 16.6. The van der Waals surface area contributed by atoms with Gasteiger partial charge in [0.2, 0.25) is 0 Å². The number of nitro benzene ring substituents is 1. The zero-order valence-corrected chi connectivity index (χ0v) is 16.1. The fraction of sp³-hybridized carbons (Fsp3) is 0.227. The fourth-order valence-corrected chi connectivity index (χ4v) is 2.93. The molecule has 2 aromatic carbocycles. The van der Waals surface area contributed by atoms with Gasteiger partial charge in [0, 0.05) is 29.8 Å². The van der Waals surface area contributed by atoms with Crippen molar-refractivity contribution in [2.45, 2.75) is 6.42 Å². The SMILES string of the molecule is CN(C)CCCNc1cc(/C=C/c2ccc([N+](=O)[O-])cc2)nc2ccccc12. The number of fused-ring (bicyclic) bond motifs is 1. The molecule has 0 bridgehead atoms. The number of non-ortho nitro benzene ring substituents is 1. The van der Waals surface area contributed by atoms with E-state index in [9.17, 15) is 10.1 Å². The second-order valence-corrected chi connectivity index (χ2v) is 6.88. The molecule has 0 aliphatic rings. The molecular formula is C22H24N4O2. The summed E-state index contributed by atoms with van der Waals surface area (Å²) in [5, 5.41) is 15.4. The minimum Gasteiger partial charge on any atom is -0.384 e. The summed E-state index contributed by atoms with van der Waals surface area (Å²) in [6.07, 6.45) is 4.90. The molecule has 1 aromatic heterocycles. The molecule has 0 amide bonds. The zero-order chi connectivity index (χ0) is 19.9. The minimum absolute atomic E-state index is 0.0881. The Kier molecular flexibility index (Phi) is 6.34. The third-order valence-corrected chi connectivity index (χ3v) is 4.38. The van der Waals surface area contributed by atoms with Gasteiger partial charge in [0.25, 0.3) is 5.69 Å². The van der Waals surface area contributed by atoms with Crippen LogP contribution in [0.4, 0.5) is 11.4 Å². The molecule has 0 aliphatic heterocycles. The van der Waals surface area contributed by atoms with Crippen molar-refractivity contribution in [2.75, 3.05) is 32.5 Å². The van der Waals surface area contributed by atoms with Crippen LogP contribution in [0.1, 0.15) is 17.7 Å². The minimum atomic E-state index is -0.396. The van der Waals surface area contributed by atoms with Crippen LogP contribution in [-0.2, 0) is 0 Å². The fourth-order valence-electron chi connectivity index (χ4n) is 2.93. The molecule has 1 N–H and O–H groups in total. The van der Waals surface area contributed by atoms with Crippen molar-refractivity contribution >= 4 is 34.4 Å². The summed E-state index contributed by atoms with van der Waals surface area (Å²) in [5.74, 6) is 0. The Hall–Kier alpha value is -3.25. The van der Waals surface area contributed by atoms with Crippen LogP contribution in [0.2, 0.25) is 0 Å². The van der Waals surface area contributed by atoms with Gasteiger partial charge in [-0.15, -0.1) is 0 Å². The number of para-hydroxylation sites is 1. The van der Waals surface area contributed by atoms with Crippen LogP contribution in [0.3, 0.4) is 0 Å². The van der Waals surface area contributed by atoms with Crippen molar-refractivity contribution in [3.05, 3.63) is 76.0 Å². The molecule has 6 heteroatoms. The molecule has 28 heavy (non-hydrogen) atoms. The normalized spacial score (nSPS) is 11.4. The quantitative estimate of drug-likeness (QED) is 0.351. The van der Waals surface area contributed by atoms with Gasteiger partial charge in [0.1, 0.15) is 0 Å². The average Bonchev–Trinajstić information content (AvgIpc) is 2.69. The highest BCUT2D eigenvalue weighted by Gasteiger charge is 2.05. The van der Waals surface area contributed by atoms with Crippen LogP contribution >= 0.6 is 0 Å². The van der Waals surface area contributed by atoms with E-state index in [2.05, 4.69) is 30.4 Å². The number of anilines is 1. The van der Waals surface area contributed by atoms with E-state index in [1.807, 2.05) is 36.4 Å². The first-order chi connectivity index (χ1) is 13.5. The molecule has 1 heterocycles. The van der Waals surface area contributed by atoms with Gasteiger partial charge < -0.3 is 10.2 Å². The number of aromatic nitrogens is 1. The van der Waals surface area contributed by atoms with E-state index in [1.165, 1.54) is 12.1 Å². The van der Waals surface area contributed by atoms with Crippen LogP contribution in [0, 0.1) is 10.1 Å². The second kappa shape index (κ2) is 9.10. The van der Waals surface area contributed by atoms with Crippen molar-refractivity contribution in [2.24, 2.45) is 0 Å². The summed E-state index contributed by atoms with van der Waals surface area (Å²) in [7, 11) is 4.14. The van der Waals surface area contributed by atoms with Crippen molar-refractivity contribution in [1.29, 1.82) is 0 Å². The molecule has 0 aliphatic carbocycles. The van der Waals surface area contributed by atoms with Gasteiger partial charge in [-0.05, 0) is 63.0 Å². The number of pyridine rings is 1. The van der Waals surface area contributed by atoms with Crippen molar-refractivity contribution < 1.29 is 4.92 Å². The molecule has 0 radical (unpaired) electrons. The van der Waals surface area contributed by atoms with E-state index >= 15 is 0 Å². The lowest BCUT2D eigenvalue weighted by atomic mass is 10.1. The highest BCUT2D eigenvalue weighted by Crippen LogP contribution is 2.24. The number of hydrogen-bond acceptors (Lipinski definition) is 5. The molecule has 0 fully saturated rings. The Labute approximate surface area is 164 Å². The van der Waals surface area contributed by atoms with E-state index in [4.69, 9.17) is 4.98 Å². The summed E-state index contributed by atoms with van der Waals surface area (Å²) in [6.45, 7) is 1.92. The molecule has 0 spiro atoms. The molecule has 3 rings (SSSR count). The van der Waals surface area contributed by atoms with Gasteiger partial charge in [0.05, 0.1) is 16.1 Å². The zero-order valence-electron chi connectivity index (χ0n) is 16.1. The first-order valence-corrected chi connectivity index (χ1v) is 9.24. The number of nitro groups is 1. The second-order valence-electron chi connectivity index (χ2n) is 6.88.